The summed E-state index contributed by atoms with van der Waals surface area (Å²) in [6.07, 6.45) is -1.49. The number of fused-ring (bicyclic) bond motifs is 3. The van der Waals surface area contributed by atoms with Crippen molar-refractivity contribution in [3.05, 3.63) is 59.7 Å². The maximum Gasteiger partial charge on any atom is 0.407 e. The summed E-state index contributed by atoms with van der Waals surface area (Å²) in [6.45, 7) is 1.76. The monoisotopic (exact) mass is 438 g/mol. The number of hydrogen-bond acceptors (Lipinski definition) is 5. The topological polar surface area (TPSA) is 116 Å². The lowest BCUT2D eigenvalue weighted by atomic mass is 9.98. The number of nitrogens with one attached hydrogen (secondary N) is 1. The van der Waals surface area contributed by atoms with Crippen molar-refractivity contribution < 1.29 is 29.3 Å². The van der Waals surface area contributed by atoms with Crippen molar-refractivity contribution in [3.63, 3.8) is 0 Å². The summed E-state index contributed by atoms with van der Waals surface area (Å²) in [5.74, 6) is -2.28. The van der Waals surface area contributed by atoms with Gasteiger partial charge in [0.2, 0.25) is 5.91 Å². The number of benzene rings is 2. The Bertz CT molecular complexity index is 993. The van der Waals surface area contributed by atoms with E-state index in [4.69, 9.17) is 4.74 Å². The number of aliphatic hydroxyl groups is 1. The number of aliphatic carboxylic acids is 1. The van der Waals surface area contributed by atoms with Crippen LogP contribution in [0.5, 0.6) is 0 Å². The highest BCUT2D eigenvalue weighted by Gasteiger charge is 2.40. The number of aliphatic hydroxyl groups excluding tert-OH is 1. The van der Waals surface area contributed by atoms with Crippen LogP contribution in [-0.2, 0) is 14.3 Å². The number of nitrogens with zero attached hydrogens (tertiary/aromatic N) is 1. The molecule has 1 unspecified atom stereocenters. The number of carbonyl (C=O) groups excluding carboxylic acids is 2. The van der Waals surface area contributed by atoms with Crippen LogP contribution in [0.4, 0.5) is 4.79 Å². The van der Waals surface area contributed by atoms with E-state index in [2.05, 4.69) is 17.4 Å². The number of alkyl carbamates (subject to hydrolysis) is 1. The maximum atomic E-state index is 12.6. The van der Waals surface area contributed by atoms with E-state index in [1.54, 1.807) is 6.92 Å². The van der Waals surface area contributed by atoms with E-state index in [1.807, 2.05) is 36.4 Å². The molecule has 168 valence electrons. The molecule has 1 saturated heterocycles. The van der Waals surface area contributed by atoms with E-state index in [1.165, 1.54) is 0 Å². The first-order valence-electron chi connectivity index (χ1n) is 10.7. The van der Waals surface area contributed by atoms with Gasteiger partial charge in [0.25, 0.3) is 0 Å². The number of carboxylic acids is 1. The fourth-order valence-electron chi connectivity index (χ4n) is 4.55. The summed E-state index contributed by atoms with van der Waals surface area (Å²) in [7, 11) is 0. The van der Waals surface area contributed by atoms with E-state index >= 15 is 0 Å². The molecule has 0 radical (unpaired) electrons. The van der Waals surface area contributed by atoms with Gasteiger partial charge >= 0.3 is 12.1 Å². The largest absolute Gasteiger partial charge is 0.480 e. The second kappa shape index (κ2) is 9.00. The number of ether oxygens (including phenoxy) is 1. The first-order valence-corrected chi connectivity index (χ1v) is 10.7. The van der Waals surface area contributed by atoms with Crippen molar-refractivity contribution in [2.24, 2.45) is 5.92 Å². The van der Waals surface area contributed by atoms with Crippen molar-refractivity contribution in [1.82, 2.24) is 10.2 Å². The number of carbonyl (C=O) groups is 3. The van der Waals surface area contributed by atoms with Crippen LogP contribution in [0.25, 0.3) is 11.1 Å². The first-order chi connectivity index (χ1) is 15.4. The molecule has 1 fully saturated rings. The van der Waals surface area contributed by atoms with E-state index in [0.29, 0.717) is 0 Å². The van der Waals surface area contributed by atoms with Crippen LogP contribution in [0, 0.1) is 5.92 Å². The van der Waals surface area contributed by atoms with Crippen LogP contribution in [0.3, 0.4) is 0 Å². The predicted molar refractivity (Wildman–Crippen MR) is 116 cm³/mol. The number of carboxylic acid groups (broad SMARTS) is 1. The molecule has 2 aliphatic rings. The average Bonchev–Trinajstić information content (AvgIpc) is 3.34. The third-order valence-electron chi connectivity index (χ3n) is 6.16. The van der Waals surface area contributed by atoms with Crippen molar-refractivity contribution in [3.8, 4) is 11.1 Å². The number of amides is 2. The Morgan fingerprint density at radius 3 is 2.28 bits per heavy atom. The van der Waals surface area contributed by atoms with Gasteiger partial charge in [0.05, 0.1) is 12.0 Å². The van der Waals surface area contributed by atoms with Crippen molar-refractivity contribution >= 4 is 18.0 Å². The molecule has 0 aromatic heterocycles. The normalized spacial score (nSPS) is 20.4. The van der Waals surface area contributed by atoms with E-state index < -0.39 is 36.0 Å². The summed E-state index contributed by atoms with van der Waals surface area (Å²) < 4.78 is 5.46. The minimum Gasteiger partial charge on any atom is -0.480 e. The minimum atomic E-state index is -1.15. The number of β-amino-alcohol motifs (C(OH)–C–C–N with tert-alkyl or cyclic N) is 1. The Kier molecular flexibility index (Phi) is 6.14. The number of hydrogen-bond donors (Lipinski definition) is 3. The summed E-state index contributed by atoms with van der Waals surface area (Å²) in [4.78, 5) is 37.4. The molecular formula is C24H26N2O6. The van der Waals surface area contributed by atoms with Gasteiger partial charge in [-0.05, 0) is 22.3 Å². The van der Waals surface area contributed by atoms with Crippen LogP contribution >= 0.6 is 0 Å². The molecule has 8 nitrogen and oxygen atoms in total. The lowest BCUT2D eigenvalue weighted by molar-refractivity contribution is -0.149. The molecule has 1 heterocycles. The smallest absolute Gasteiger partial charge is 0.407 e. The lowest BCUT2D eigenvalue weighted by Crippen LogP contribution is -2.45. The molecule has 32 heavy (non-hydrogen) atoms. The molecule has 2 aromatic rings. The predicted octanol–water partition coefficient (Wildman–Crippen LogP) is 2.21. The molecule has 4 rings (SSSR count). The lowest BCUT2D eigenvalue weighted by Gasteiger charge is -2.24. The third-order valence-corrected chi connectivity index (χ3v) is 6.16. The van der Waals surface area contributed by atoms with Crippen LogP contribution in [-0.4, -0.2) is 64.9 Å². The van der Waals surface area contributed by atoms with E-state index in [0.717, 1.165) is 27.2 Å². The molecule has 3 atom stereocenters. The van der Waals surface area contributed by atoms with Gasteiger partial charge in [0.15, 0.2) is 0 Å². The van der Waals surface area contributed by atoms with Gasteiger partial charge in [0.1, 0.15) is 12.6 Å². The van der Waals surface area contributed by atoms with Gasteiger partial charge in [-0.3, -0.25) is 4.79 Å². The van der Waals surface area contributed by atoms with Gasteiger partial charge < -0.3 is 25.2 Å². The van der Waals surface area contributed by atoms with Gasteiger partial charge in [0, 0.05) is 25.4 Å². The van der Waals surface area contributed by atoms with Crippen LogP contribution in [0.15, 0.2) is 48.5 Å². The third kappa shape index (κ3) is 4.18. The Balaban J connectivity index is 1.32. The number of rotatable bonds is 6. The van der Waals surface area contributed by atoms with Crippen LogP contribution in [0.1, 0.15) is 30.4 Å². The zero-order valence-electron chi connectivity index (χ0n) is 17.7. The molecule has 0 bridgehead atoms. The molecule has 0 saturated carbocycles. The molecule has 0 spiro atoms. The first kappa shape index (κ1) is 21.8. The summed E-state index contributed by atoms with van der Waals surface area (Å²) in [5.41, 5.74) is 4.49. The maximum absolute atomic E-state index is 12.6. The molecular weight excluding hydrogens is 412 g/mol. The zero-order valence-corrected chi connectivity index (χ0v) is 17.7. The Morgan fingerprint density at radius 1 is 1.09 bits per heavy atom. The average molecular weight is 438 g/mol. The van der Waals surface area contributed by atoms with Crippen molar-refractivity contribution in [1.29, 1.82) is 0 Å². The Morgan fingerprint density at radius 2 is 1.69 bits per heavy atom. The molecule has 3 N–H and O–H groups in total. The molecule has 8 heteroatoms. The summed E-state index contributed by atoms with van der Waals surface area (Å²) in [6, 6.07) is 15.0. The molecule has 1 aliphatic carbocycles. The van der Waals surface area contributed by atoms with Crippen LogP contribution in [0.2, 0.25) is 0 Å². The van der Waals surface area contributed by atoms with Gasteiger partial charge in [-0.15, -0.1) is 0 Å². The quantitative estimate of drug-likeness (QED) is 0.637. The number of likely N-dealkylation sites (tertiary alicyclic amines) is 1. The highest BCUT2D eigenvalue weighted by atomic mass is 16.5. The summed E-state index contributed by atoms with van der Waals surface area (Å²) >= 11 is 0. The van der Waals surface area contributed by atoms with Crippen molar-refractivity contribution in [2.45, 2.75) is 31.4 Å². The zero-order chi connectivity index (χ0) is 22.8. The van der Waals surface area contributed by atoms with Gasteiger partial charge in [-0.25, -0.2) is 9.59 Å². The van der Waals surface area contributed by atoms with E-state index in [-0.39, 0.29) is 32.0 Å². The minimum absolute atomic E-state index is 0.00754. The second-order valence-corrected chi connectivity index (χ2v) is 8.34. The molecule has 2 amide bonds. The van der Waals surface area contributed by atoms with Gasteiger partial charge in [-0.1, -0.05) is 55.5 Å². The second-order valence-electron chi connectivity index (χ2n) is 8.34. The Labute approximate surface area is 185 Å². The van der Waals surface area contributed by atoms with Crippen LogP contribution < -0.4 is 5.32 Å². The SMILES string of the molecule is CC(CNC(=O)OCC1c2ccccc2-c2ccccc21)C(=O)N1C[C@H](O)C[C@@H]1C(=O)O. The fraction of sp³-hybridized carbons (Fsp3) is 0.375. The molecule has 1 aliphatic heterocycles. The molecule has 2 aromatic carbocycles. The summed E-state index contributed by atoms with van der Waals surface area (Å²) in [5, 5.41) is 21.6. The fourth-order valence-corrected chi connectivity index (χ4v) is 4.55. The van der Waals surface area contributed by atoms with Crippen molar-refractivity contribution in [2.75, 3.05) is 19.7 Å². The Hall–Kier alpha value is -3.39. The highest BCUT2D eigenvalue weighted by Crippen LogP contribution is 2.44. The van der Waals surface area contributed by atoms with E-state index in [9.17, 15) is 24.6 Å². The van der Waals surface area contributed by atoms with Gasteiger partial charge in [-0.2, -0.15) is 0 Å². The highest BCUT2D eigenvalue weighted by molar-refractivity contribution is 5.86. The standard InChI is InChI=1S/C24H26N2O6/c1-14(22(28)26-12-15(27)10-21(26)23(29)30)11-25-24(31)32-13-20-18-8-4-2-6-16(18)17-7-3-5-9-19(17)20/h2-9,14-15,20-21,27H,10-13H2,1H3,(H,25,31)(H,29,30)/t14?,15-,21-/m1/s1.